The summed E-state index contributed by atoms with van der Waals surface area (Å²) in [7, 11) is 0. The number of hydrogen-bond acceptors (Lipinski definition) is 5. The van der Waals surface area contributed by atoms with E-state index in [1.54, 1.807) is 30.3 Å². The van der Waals surface area contributed by atoms with E-state index in [4.69, 9.17) is 9.47 Å². The fourth-order valence-electron chi connectivity index (χ4n) is 3.97. The molecule has 0 aromatic heterocycles. The van der Waals surface area contributed by atoms with Gasteiger partial charge in [0.2, 0.25) is 5.91 Å². The van der Waals surface area contributed by atoms with Crippen LogP contribution in [0.3, 0.4) is 0 Å². The number of hydrogen-bond donors (Lipinski definition) is 3. The molecule has 4 aromatic rings. The normalized spacial score (nSPS) is 11.2. The van der Waals surface area contributed by atoms with Crippen LogP contribution in [0, 0.1) is 0 Å². The van der Waals surface area contributed by atoms with E-state index < -0.39 is 17.9 Å². The molecule has 0 aliphatic heterocycles. The molecule has 0 heterocycles. The van der Waals surface area contributed by atoms with Crippen LogP contribution >= 0.6 is 0 Å². The first kappa shape index (κ1) is 27.9. The molecule has 204 valence electrons. The maximum Gasteiger partial charge on any atom is 0.326 e. The molecule has 4 aromatic carbocycles. The largest absolute Gasteiger partial charge is 0.485 e. The minimum Gasteiger partial charge on any atom is -0.485 e. The van der Waals surface area contributed by atoms with Gasteiger partial charge in [0.25, 0.3) is 5.91 Å². The number of ether oxygens (including phenoxy) is 2. The van der Waals surface area contributed by atoms with Gasteiger partial charge in [-0.05, 0) is 53.1 Å². The summed E-state index contributed by atoms with van der Waals surface area (Å²) in [5.74, 6) is -0.934. The minimum absolute atomic E-state index is 0.0334. The van der Waals surface area contributed by atoms with Crippen LogP contribution < -0.4 is 20.1 Å². The highest BCUT2D eigenvalue weighted by Crippen LogP contribution is 2.30. The van der Waals surface area contributed by atoms with Gasteiger partial charge >= 0.3 is 5.97 Å². The van der Waals surface area contributed by atoms with Crippen LogP contribution in [0.2, 0.25) is 0 Å². The molecule has 4 rings (SSSR count). The Bertz CT molecular complexity index is 1440. The van der Waals surface area contributed by atoms with Crippen LogP contribution in [-0.4, -0.2) is 28.9 Å². The number of aliphatic carboxylic acids is 1. The van der Waals surface area contributed by atoms with Gasteiger partial charge in [0.15, 0.2) is 11.5 Å². The minimum atomic E-state index is -1.18. The molecule has 0 fully saturated rings. The van der Waals surface area contributed by atoms with Crippen LogP contribution in [0.1, 0.15) is 34.0 Å². The summed E-state index contributed by atoms with van der Waals surface area (Å²) >= 11 is 0. The molecule has 0 saturated heterocycles. The number of carbonyl (C=O) groups excluding carboxylic acids is 2. The Morgan fingerprint density at radius 3 is 1.85 bits per heavy atom. The van der Waals surface area contributed by atoms with Crippen molar-refractivity contribution in [2.75, 3.05) is 5.32 Å². The van der Waals surface area contributed by atoms with Gasteiger partial charge < -0.3 is 25.2 Å². The summed E-state index contributed by atoms with van der Waals surface area (Å²) in [6.45, 7) is 2.04. The second-order valence-corrected chi connectivity index (χ2v) is 9.16. The van der Waals surface area contributed by atoms with Gasteiger partial charge in [-0.3, -0.25) is 9.59 Å². The molecule has 0 spiro atoms. The smallest absolute Gasteiger partial charge is 0.326 e. The number of amides is 2. The number of carbonyl (C=O) groups is 3. The van der Waals surface area contributed by atoms with Crippen LogP contribution in [-0.2, 0) is 29.2 Å². The molecule has 0 radical (unpaired) electrons. The second-order valence-electron chi connectivity index (χ2n) is 9.16. The van der Waals surface area contributed by atoms with E-state index in [9.17, 15) is 19.5 Å². The second kappa shape index (κ2) is 13.6. The quantitative estimate of drug-likeness (QED) is 0.228. The highest BCUT2D eigenvalue weighted by molar-refractivity contribution is 5.97. The summed E-state index contributed by atoms with van der Waals surface area (Å²) in [5.41, 5.74) is 3.44. The Morgan fingerprint density at radius 1 is 0.725 bits per heavy atom. The lowest BCUT2D eigenvalue weighted by Gasteiger charge is -2.18. The fraction of sp³-hybridized carbons (Fsp3) is 0.156. The van der Waals surface area contributed by atoms with Gasteiger partial charge in [-0.1, -0.05) is 66.7 Å². The lowest BCUT2D eigenvalue weighted by Crippen LogP contribution is -2.42. The molecule has 2 amide bonds. The highest BCUT2D eigenvalue weighted by atomic mass is 16.5. The van der Waals surface area contributed by atoms with Gasteiger partial charge in [-0.25, -0.2) is 4.79 Å². The summed E-state index contributed by atoms with van der Waals surface area (Å²) in [5, 5.41) is 15.0. The van der Waals surface area contributed by atoms with Crippen molar-refractivity contribution in [2.45, 2.75) is 32.6 Å². The molecule has 8 nitrogen and oxygen atoms in total. The van der Waals surface area contributed by atoms with Crippen molar-refractivity contribution in [3.63, 3.8) is 0 Å². The van der Waals surface area contributed by atoms with Crippen molar-refractivity contribution in [1.29, 1.82) is 0 Å². The molecule has 3 N–H and O–H groups in total. The van der Waals surface area contributed by atoms with Gasteiger partial charge in [0.05, 0.1) is 0 Å². The zero-order valence-corrected chi connectivity index (χ0v) is 22.0. The number of anilines is 1. The highest BCUT2D eigenvalue weighted by Gasteiger charge is 2.22. The third kappa shape index (κ3) is 8.19. The zero-order valence-electron chi connectivity index (χ0n) is 22.0. The first-order chi connectivity index (χ1) is 19.4. The summed E-state index contributed by atoms with van der Waals surface area (Å²) in [4.78, 5) is 36.0. The van der Waals surface area contributed by atoms with E-state index in [0.29, 0.717) is 36.0 Å². The Labute approximate surface area is 232 Å². The van der Waals surface area contributed by atoms with E-state index in [2.05, 4.69) is 10.6 Å². The first-order valence-corrected chi connectivity index (χ1v) is 12.7. The third-order valence-corrected chi connectivity index (χ3v) is 5.99. The van der Waals surface area contributed by atoms with Crippen LogP contribution in [0.4, 0.5) is 5.69 Å². The Hall–Kier alpha value is -5.11. The zero-order chi connectivity index (χ0) is 28.3. The van der Waals surface area contributed by atoms with Crippen LogP contribution in [0.15, 0.2) is 103 Å². The molecule has 8 heteroatoms. The van der Waals surface area contributed by atoms with E-state index in [0.717, 1.165) is 11.1 Å². The summed E-state index contributed by atoms with van der Waals surface area (Å²) in [6, 6.07) is 29.7. The molecule has 1 atom stereocenters. The SMILES string of the molecule is CC(=O)Nc1ccc(C(=O)N[C@H](Cc2ccc(OCc3ccccc3)c(OCc3ccccc3)c2)C(=O)O)cc1. The van der Waals surface area contributed by atoms with Crippen molar-refractivity contribution < 1.29 is 29.0 Å². The van der Waals surface area contributed by atoms with Gasteiger partial charge in [0, 0.05) is 24.6 Å². The number of rotatable bonds is 12. The van der Waals surface area contributed by atoms with E-state index in [1.807, 2.05) is 60.7 Å². The predicted octanol–water partition coefficient (Wildman–Crippen LogP) is 5.23. The van der Waals surface area contributed by atoms with Crippen LogP contribution in [0.5, 0.6) is 11.5 Å². The lowest BCUT2D eigenvalue weighted by molar-refractivity contribution is -0.139. The van der Waals surface area contributed by atoms with Crippen molar-refractivity contribution >= 4 is 23.5 Å². The van der Waals surface area contributed by atoms with Gasteiger partial charge in [-0.2, -0.15) is 0 Å². The third-order valence-electron chi connectivity index (χ3n) is 5.99. The van der Waals surface area contributed by atoms with E-state index in [-0.39, 0.29) is 17.9 Å². The predicted molar refractivity (Wildman–Crippen MR) is 151 cm³/mol. The maximum atomic E-state index is 12.8. The maximum absolute atomic E-state index is 12.8. The van der Waals surface area contributed by atoms with Crippen LogP contribution in [0.25, 0.3) is 0 Å². The number of benzene rings is 4. The molecule has 0 unspecified atom stereocenters. The Balaban J connectivity index is 1.49. The number of carboxylic acid groups (broad SMARTS) is 1. The molecule has 0 saturated carbocycles. The Morgan fingerprint density at radius 2 is 1.30 bits per heavy atom. The molecule has 0 bridgehead atoms. The summed E-state index contributed by atoms with van der Waals surface area (Å²) < 4.78 is 12.1. The standard InChI is InChI=1S/C32H30N2O6/c1-22(35)33-27-15-13-26(14-16-27)31(36)34-28(32(37)38)18-25-12-17-29(39-20-23-8-4-2-5-9-23)30(19-25)40-21-24-10-6-3-7-11-24/h2-17,19,28H,18,20-21H2,1H3,(H,33,35)(H,34,36)(H,37,38)/t28-/m1/s1. The monoisotopic (exact) mass is 538 g/mol. The number of nitrogens with one attached hydrogen (secondary N) is 2. The fourth-order valence-corrected chi connectivity index (χ4v) is 3.97. The lowest BCUT2D eigenvalue weighted by atomic mass is 10.0. The van der Waals surface area contributed by atoms with Gasteiger partial charge in [0.1, 0.15) is 19.3 Å². The summed E-state index contributed by atoms with van der Waals surface area (Å²) in [6.07, 6.45) is 0.0334. The molecule has 0 aliphatic rings. The van der Waals surface area contributed by atoms with Crippen molar-refractivity contribution in [1.82, 2.24) is 5.32 Å². The molecule has 40 heavy (non-hydrogen) atoms. The molecular weight excluding hydrogens is 508 g/mol. The Kier molecular flexibility index (Phi) is 9.50. The van der Waals surface area contributed by atoms with E-state index >= 15 is 0 Å². The van der Waals surface area contributed by atoms with Crippen molar-refractivity contribution in [2.24, 2.45) is 0 Å². The average molecular weight is 539 g/mol. The average Bonchev–Trinajstić information content (AvgIpc) is 2.96. The molecular formula is C32H30N2O6. The van der Waals surface area contributed by atoms with Crippen molar-refractivity contribution in [3.8, 4) is 11.5 Å². The van der Waals surface area contributed by atoms with Crippen molar-refractivity contribution in [3.05, 3.63) is 125 Å². The topological polar surface area (TPSA) is 114 Å². The van der Waals surface area contributed by atoms with Gasteiger partial charge in [-0.15, -0.1) is 0 Å². The van der Waals surface area contributed by atoms with E-state index in [1.165, 1.54) is 19.1 Å². The first-order valence-electron chi connectivity index (χ1n) is 12.7. The number of carboxylic acids is 1. The molecule has 0 aliphatic carbocycles.